The van der Waals surface area contributed by atoms with Crippen LogP contribution in [0.5, 0.6) is 0 Å². The number of hydrogen-bond acceptors (Lipinski definition) is 5. The Morgan fingerprint density at radius 1 is 1.59 bits per heavy atom. The van der Waals surface area contributed by atoms with Gasteiger partial charge in [0.15, 0.2) is 5.76 Å². The van der Waals surface area contributed by atoms with Crippen molar-refractivity contribution in [3.05, 3.63) is 32.8 Å². The van der Waals surface area contributed by atoms with E-state index in [1.165, 1.54) is 17.5 Å². The number of nitrogens with zero attached hydrogens (tertiary/aromatic N) is 1. The average Bonchev–Trinajstić information content (AvgIpc) is 2.85. The first-order valence-electron chi connectivity index (χ1n) is 4.64. The summed E-state index contributed by atoms with van der Waals surface area (Å²) in [6, 6.07) is 3.20. The molecule has 0 aromatic carbocycles. The minimum absolute atomic E-state index is 0.0925. The fourth-order valence-corrected chi connectivity index (χ4v) is 4.68. The van der Waals surface area contributed by atoms with Crippen LogP contribution in [0.2, 0.25) is 0 Å². The SMILES string of the molecule is Cc1sc(Br)cc1S(=O)(=O)NCc1ccno1. The third-order valence-corrected chi connectivity index (χ3v) is 5.27. The molecule has 0 aliphatic heterocycles. The molecular formula is C9H9BrN2O3S2. The number of aromatic nitrogens is 1. The van der Waals surface area contributed by atoms with E-state index in [4.69, 9.17) is 4.52 Å². The first-order chi connectivity index (χ1) is 7.99. The van der Waals surface area contributed by atoms with Crippen molar-refractivity contribution in [2.24, 2.45) is 0 Å². The van der Waals surface area contributed by atoms with Crippen molar-refractivity contribution in [3.63, 3.8) is 0 Å². The lowest BCUT2D eigenvalue weighted by Crippen LogP contribution is -2.23. The smallest absolute Gasteiger partial charge is 0.242 e. The van der Waals surface area contributed by atoms with Crippen molar-refractivity contribution in [3.8, 4) is 0 Å². The molecule has 1 N–H and O–H groups in total. The molecule has 0 radical (unpaired) electrons. The third kappa shape index (κ3) is 2.95. The highest BCUT2D eigenvalue weighted by atomic mass is 79.9. The van der Waals surface area contributed by atoms with Gasteiger partial charge in [0, 0.05) is 10.9 Å². The van der Waals surface area contributed by atoms with Gasteiger partial charge in [-0.15, -0.1) is 11.3 Å². The molecule has 8 heteroatoms. The van der Waals surface area contributed by atoms with Crippen LogP contribution in [-0.4, -0.2) is 13.6 Å². The van der Waals surface area contributed by atoms with E-state index in [1.807, 2.05) is 0 Å². The van der Waals surface area contributed by atoms with E-state index in [0.717, 1.165) is 8.66 Å². The van der Waals surface area contributed by atoms with Crippen LogP contribution in [0.15, 0.2) is 31.5 Å². The van der Waals surface area contributed by atoms with Crippen molar-refractivity contribution >= 4 is 37.3 Å². The van der Waals surface area contributed by atoms with Gasteiger partial charge >= 0.3 is 0 Å². The summed E-state index contributed by atoms with van der Waals surface area (Å²) < 4.78 is 32.0. The molecule has 0 aliphatic rings. The van der Waals surface area contributed by atoms with Gasteiger partial charge in [0.25, 0.3) is 0 Å². The summed E-state index contributed by atoms with van der Waals surface area (Å²) in [5.41, 5.74) is 0. The first-order valence-corrected chi connectivity index (χ1v) is 7.73. The summed E-state index contributed by atoms with van der Waals surface area (Å²) in [6.45, 7) is 1.85. The summed E-state index contributed by atoms with van der Waals surface area (Å²) in [4.78, 5) is 1.02. The predicted molar refractivity (Wildman–Crippen MR) is 67.3 cm³/mol. The Morgan fingerprint density at radius 2 is 2.35 bits per heavy atom. The topological polar surface area (TPSA) is 72.2 Å². The van der Waals surface area contributed by atoms with Gasteiger partial charge in [0.2, 0.25) is 10.0 Å². The molecule has 0 spiro atoms. The van der Waals surface area contributed by atoms with E-state index in [1.54, 1.807) is 19.1 Å². The molecule has 17 heavy (non-hydrogen) atoms. The van der Waals surface area contributed by atoms with Gasteiger partial charge in [0.1, 0.15) is 0 Å². The van der Waals surface area contributed by atoms with Crippen LogP contribution in [0, 0.1) is 6.92 Å². The molecule has 92 valence electrons. The van der Waals surface area contributed by atoms with Crippen molar-refractivity contribution < 1.29 is 12.9 Å². The monoisotopic (exact) mass is 336 g/mol. The minimum atomic E-state index is -3.50. The maximum absolute atomic E-state index is 12.0. The summed E-state index contributed by atoms with van der Waals surface area (Å²) >= 11 is 4.64. The highest BCUT2D eigenvalue weighted by Gasteiger charge is 2.19. The summed E-state index contributed by atoms with van der Waals surface area (Å²) in [7, 11) is -3.50. The lowest BCUT2D eigenvalue weighted by atomic mass is 10.5. The minimum Gasteiger partial charge on any atom is -0.360 e. The Bertz CT molecular complexity index is 604. The molecule has 2 heterocycles. The normalized spacial score (nSPS) is 11.9. The molecule has 0 saturated carbocycles. The zero-order chi connectivity index (χ0) is 12.5. The first kappa shape index (κ1) is 12.7. The Hall–Kier alpha value is -0.700. The summed E-state index contributed by atoms with van der Waals surface area (Å²) in [6.07, 6.45) is 1.47. The molecule has 2 aromatic rings. The zero-order valence-corrected chi connectivity index (χ0v) is 12.0. The van der Waals surface area contributed by atoms with Gasteiger partial charge in [-0.2, -0.15) is 0 Å². The van der Waals surface area contributed by atoms with Crippen molar-refractivity contribution in [2.75, 3.05) is 0 Å². The molecule has 0 atom stereocenters. The quantitative estimate of drug-likeness (QED) is 0.929. The number of halogens is 1. The number of nitrogens with one attached hydrogen (secondary N) is 1. The molecule has 0 aliphatic carbocycles. The highest BCUT2D eigenvalue weighted by Crippen LogP contribution is 2.29. The Morgan fingerprint density at radius 3 is 2.88 bits per heavy atom. The standard InChI is InChI=1S/C9H9BrN2O3S2/c1-6-8(4-9(10)16-6)17(13,14)12-5-7-2-3-11-15-7/h2-4,12H,5H2,1H3. The Labute approximate surface area is 111 Å². The molecule has 0 saturated heterocycles. The number of hydrogen-bond donors (Lipinski definition) is 1. The second-order valence-electron chi connectivity index (χ2n) is 3.27. The van der Waals surface area contributed by atoms with Crippen LogP contribution in [0.4, 0.5) is 0 Å². The largest absolute Gasteiger partial charge is 0.360 e. The van der Waals surface area contributed by atoms with Gasteiger partial charge in [0.05, 0.1) is 21.4 Å². The van der Waals surface area contributed by atoms with Gasteiger partial charge in [-0.25, -0.2) is 13.1 Å². The van der Waals surface area contributed by atoms with Crippen LogP contribution >= 0.6 is 27.3 Å². The number of thiophene rings is 1. The maximum Gasteiger partial charge on any atom is 0.242 e. The molecule has 0 fully saturated rings. The van der Waals surface area contributed by atoms with Crippen LogP contribution in [-0.2, 0) is 16.6 Å². The molecule has 2 aromatic heterocycles. The lowest BCUT2D eigenvalue weighted by molar-refractivity contribution is 0.380. The average molecular weight is 337 g/mol. The van der Waals surface area contributed by atoms with E-state index in [-0.39, 0.29) is 11.4 Å². The van der Waals surface area contributed by atoms with Crippen LogP contribution in [0.3, 0.4) is 0 Å². The van der Waals surface area contributed by atoms with Crippen LogP contribution in [0.1, 0.15) is 10.6 Å². The molecule has 2 rings (SSSR count). The molecular weight excluding hydrogens is 328 g/mol. The Kier molecular flexibility index (Phi) is 3.67. The van der Waals surface area contributed by atoms with Gasteiger partial charge in [-0.05, 0) is 28.9 Å². The van der Waals surface area contributed by atoms with Crippen LogP contribution in [0.25, 0.3) is 0 Å². The number of sulfonamides is 1. The summed E-state index contributed by atoms with van der Waals surface area (Å²) in [5.74, 6) is 0.473. The fraction of sp³-hybridized carbons (Fsp3) is 0.222. The highest BCUT2D eigenvalue weighted by molar-refractivity contribution is 9.11. The molecule has 0 amide bonds. The molecule has 0 unspecified atom stereocenters. The lowest BCUT2D eigenvalue weighted by Gasteiger charge is -2.03. The van der Waals surface area contributed by atoms with Crippen LogP contribution < -0.4 is 4.72 Å². The van der Waals surface area contributed by atoms with E-state index in [9.17, 15) is 8.42 Å². The molecule has 0 bridgehead atoms. The maximum atomic E-state index is 12.0. The second-order valence-corrected chi connectivity index (χ2v) is 7.65. The van der Waals surface area contributed by atoms with Crippen molar-refractivity contribution in [1.82, 2.24) is 9.88 Å². The van der Waals surface area contributed by atoms with E-state index in [0.29, 0.717) is 5.76 Å². The third-order valence-electron chi connectivity index (χ3n) is 2.06. The van der Waals surface area contributed by atoms with E-state index < -0.39 is 10.0 Å². The van der Waals surface area contributed by atoms with Gasteiger partial charge in [-0.3, -0.25) is 0 Å². The van der Waals surface area contributed by atoms with E-state index >= 15 is 0 Å². The van der Waals surface area contributed by atoms with Crippen molar-refractivity contribution in [2.45, 2.75) is 18.4 Å². The Balaban J connectivity index is 2.17. The number of aryl methyl sites for hydroxylation is 1. The zero-order valence-electron chi connectivity index (χ0n) is 8.81. The van der Waals surface area contributed by atoms with Crippen molar-refractivity contribution in [1.29, 1.82) is 0 Å². The van der Waals surface area contributed by atoms with E-state index in [2.05, 4.69) is 25.8 Å². The van der Waals surface area contributed by atoms with Gasteiger partial charge < -0.3 is 4.52 Å². The predicted octanol–water partition coefficient (Wildman–Crippen LogP) is 2.29. The number of rotatable bonds is 4. The van der Waals surface area contributed by atoms with Gasteiger partial charge in [-0.1, -0.05) is 5.16 Å². The second kappa shape index (κ2) is 4.89. The summed E-state index contributed by atoms with van der Waals surface area (Å²) in [5, 5.41) is 3.50. The molecule has 5 nitrogen and oxygen atoms in total. The fourth-order valence-electron chi connectivity index (χ4n) is 1.27.